The first kappa shape index (κ1) is 10.6. The van der Waals surface area contributed by atoms with E-state index in [4.69, 9.17) is 4.74 Å². The average Bonchev–Trinajstić information content (AvgIpc) is 2.67. The Hall–Kier alpha value is -1.91. The number of fused-ring (bicyclic) bond motifs is 1. The largest absolute Gasteiger partial charge is 0.461 e. The molecule has 0 aromatic carbocycles. The molecular weight excluding hydrogens is 206 g/mol. The maximum absolute atomic E-state index is 11.8. The van der Waals surface area contributed by atoms with Crippen LogP contribution in [0.15, 0.2) is 18.6 Å². The van der Waals surface area contributed by atoms with Crippen LogP contribution in [0.3, 0.4) is 0 Å². The summed E-state index contributed by atoms with van der Waals surface area (Å²) in [5.41, 5.74) is 1.91. The Morgan fingerprint density at radius 1 is 1.50 bits per heavy atom. The Balaban J connectivity index is 2.60. The molecule has 0 atom stereocenters. The van der Waals surface area contributed by atoms with Gasteiger partial charge in [0.1, 0.15) is 0 Å². The van der Waals surface area contributed by atoms with Crippen LogP contribution in [0.4, 0.5) is 0 Å². The van der Waals surface area contributed by atoms with Gasteiger partial charge in [-0.2, -0.15) is 0 Å². The predicted octanol–water partition coefficient (Wildman–Crippen LogP) is 1.47. The summed E-state index contributed by atoms with van der Waals surface area (Å²) in [6.07, 6.45) is 5.66. The van der Waals surface area contributed by atoms with Gasteiger partial charge >= 0.3 is 5.97 Å². The second kappa shape index (κ2) is 4.30. The Morgan fingerprint density at radius 3 is 3.00 bits per heavy atom. The lowest BCUT2D eigenvalue weighted by atomic mass is 10.2. The van der Waals surface area contributed by atoms with Gasteiger partial charge in [-0.1, -0.05) is 6.92 Å². The minimum atomic E-state index is -0.335. The van der Waals surface area contributed by atoms with E-state index in [1.807, 2.05) is 6.92 Å². The third-order valence-corrected chi connectivity index (χ3v) is 2.31. The number of aromatic nitrogens is 3. The van der Waals surface area contributed by atoms with Crippen molar-refractivity contribution < 1.29 is 9.53 Å². The number of nitrogens with zero attached hydrogens (tertiary/aromatic N) is 3. The molecule has 0 saturated heterocycles. The van der Waals surface area contributed by atoms with Crippen LogP contribution in [0, 0.1) is 0 Å². The lowest BCUT2D eigenvalue weighted by molar-refractivity contribution is 0.0517. The van der Waals surface area contributed by atoms with Gasteiger partial charge in [0.25, 0.3) is 0 Å². The van der Waals surface area contributed by atoms with Crippen molar-refractivity contribution in [2.45, 2.75) is 20.3 Å². The zero-order valence-electron chi connectivity index (χ0n) is 9.30. The van der Waals surface area contributed by atoms with Crippen molar-refractivity contribution in [2.75, 3.05) is 6.61 Å². The minimum absolute atomic E-state index is 0.335. The molecule has 16 heavy (non-hydrogen) atoms. The van der Waals surface area contributed by atoms with Crippen LogP contribution in [0.5, 0.6) is 0 Å². The molecule has 0 bridgehead atoms. The highest BCUT2D eigenvalue weighted by atomic mass is 16.5. The molecule has 2 heterocycles. The monoisotopic (exact) mass is 219 g/mol. The molecule has 0 aliphatic rings. The predicted molar refractivity (Wildman–Crippen MR) is 58.3 cm³/mol. The highest BCUT2D eigenvalue weighted by molar-refractivity contribution is 5.90. The fourth-order valence-electron chi connectivity index (χ4n) is 1.62. The first-order chi connectivity index (χ1) is 7.77. The summed E-state index contributed by atoms with van der Waals surface area (Å²) < 4.78 is 6.73. The first-order valence-corrected chi connectivity index (χ1v) is 5.26. The minimum Gasteiger partial charge on any atom is -0.461 e. The molecule has 84 valence electrons. The summed E-state index contributed by atoms with van der Waals surface area (Å²) in [5.74, 6) is -0.335. The fourth-order valence-corrected chi connectivity index (χ4v) is 1.62. The topological polar surface area (TPSA) is 56.5 Å². The van der Waals surface area contributed by atoms with Crippen molar-refractivity contribution in [1.29, 1.82) is 0 Å². The summed E-state index contributed by atoms with van der Waals surface area (Å²) in [5, 5.41) is 0. The van der Waals surface area contributed by atoms with Gasteiger partial charge in [0.15, 0.2) is 11.3 Å². The number of carbonyl (C=O) groups is 1. The molecule has 0 amide bonds. The standard InChI is InChI=1S/C11H13N3O2/c1-3-8-10(11(15)16-4-2)14-6-5-12-7-9(14)13-8/h5-7H,3-4H2,1-2H3. The lowest BCUT2D eigenvalue weighted by Crippen LogP contribution is -2.10. The highest BCUT2D eigenvalue weighted by Gasteiger charge is 2.18. The van der Waals surface area contributed by atoms with Crippen LogP contribution in [0.1, 0.15) is 30.0 Å². The lowest BCUT2D eigenvalue weighted by Gasteiger charge is -2.02. The van der Waals surface area contributed by atoms with Crippen LogP contribution in [0.25, 0.3) is 5.65 Å². The zero-order chi connectivity index (χ0) is 11.5. The van der Waals surface area contributed by atoms with E-state index in [2.05, 4.69) is 9.97 Å². The number of ether oxygens (including phenoxy) is 1. The van der Waals surface area contributed by atoms with Gasteiger partial charge in [0.2, 0.25) is 0 Å². The fraction of sp³-hybridized carbons (Fsp3) is 0.364. The molecule has 5 heteroatoms. The normalized spacial score (nSPS) is 10.6. The van der Waals surface area contributed by atoms with E-state index in [1.165, 1.54) is 0 Å². The highest BCUT2D eigenvalue weighted by Crippen LogP contribution is 2.13. The van der Waals surface area contributed by atoms with Crippen LogP contribution in [-0.2, 0) is 11.2 Å². The second-order valence-corrected chi connectivity index (χ2v) is 3.29. The number of imidazole rings is 1. The second-order valence-electron chi connectivity index (χ2n) is 3.29. The Kier molecular flexibility index (Phi) is 2.85. The number of carbonyl (C=O) groups excluding carboxylic acids is 1. The van der Waals surface area contributed by atoms with Gasteiger partial charge in [-0.15, -0.1) is 0 Å². The van der Waals surface area contributed by atoms with Gasteiger partial charge in [-0.25, -0.2) is 9.78 Å². The number of hydrogen-bond acceptors (Lipinski definition) is 4. The van der Waals surface area contributed by atoms with Crippen molar-refractivity contribution in [2.24, 2.45) is 0 Å². The van der Waals surface area contributed by atoms with E-state index < -0.39 is 0 Å². The van der Waals surface area contributed by atoms with E-state index in [9.17, 15) is 4.79 Å². The molecule has 0 radical (unpaired) electrons. The van der Waals surface area contributed by atoms with Crippen molar-refractivity contribution >= 4 is 11.6 Å². The van der Waals surface area contributed by atoms with Crippen molar-refractivity contribution in [3.05, 3.63) is 30.0 Å². The van der Waals surface area contributed by atoms with Gasteiger partial charge in [0.05, 0.1) is 18.5 Å². The Labute approximate surface area is 93.1 Å². The van der Waals surface area contributed by atoms with E-state index in [0.717, 1.165) is 5.69 Å². The van der Waals surface area contributed by atoms with E-state index in [1.54, 1.807) is 29.9 Å². The van der Waals surface area contributed by atoms with Crippen LogP contribution < -0.4 is 0 Å². The number of hydrogen-bond donors (Lipinski definition) is 0. The molecule has 2 aromatic rings. The summed E-state index contributed by atoms with van der Waals surface area (Å²) in [4.78, 5) is 20.1. The molecule has 0 N–H and O–H groups in total. The summed E-state index contributed by atoms with van der Waals surface area (Å²) in [6, 6.07) is 0. The van der Waals surface area contributed by atoms with E-state index >= 15 is 0 Å². The Bertz CT molecular complexity index is 519. The molecule has 2 aromatic heterocycles. The number of aryl methyl sites for hydroxylation is 1. The van der Waals surface area contributed by atoms with Gasteiger partial charge in [-0.05, 0) is 13.3 Å². The third kappa shape index (κ3) is 1.64. The summed E-state index contributed by atoms with van der Waals surface area (Å²) >= 11 is 0. The van der Waals surface area contributed by atoms with Crippen LogP contribution in [-0.4, -0.2) is 26.9 Å². The Morgan fingerprint density at radius 2 is 2.31 bits per heavy atom. The molecule has 0 spiro atoms. The molecule has 5 nitrogen and oxygen atoms in total. The SMILES string of the molecule is CCOC(=O)c1c(CC)nc2cnccn12. The average molecular weight is 219 g/mol. The van der Waals surface area contributed by atoms with Crippen molar-refractivity contribution in [3.8, 4) is 0 Å². The molecule has 0 saturated carbocycles. The van der Waals surface area contributed by atoms with Gasteiger partial charge in [0, 0.05) is 12.4 Å². The van der Waals surface area contributed by atoms with E-state index in [-0.39, 0.29) is 5.97 Å². The molecular formula is C11H13N3O2. The molecule has 0 unspecified atom stereocenters. The number of esters is 1. The van der Waals surface area contributed by atoms with Crippen molar-refractivity contribution in [3.63, 3.8) is 0 Å². The maximum atomic E-state index is 11.8. The quantitative estimate of drug-likeness (QED) is 0.733. The zero-order valence-corrected chi connectivity index (χ0v) is 9.30. The smallest absolute Gasteiger partial charge is 0.357 e. The third-order valence-electron chi connectivity index (χ3n) is 2.31. The molecule has 0 fully saturated rings. The molecule has 0 aliphatic carbocycles. The molecule has 0 aliphatic heterocycles. The van der Waals surface area contributed by atoms with Crippen LogP contribution >= 0.6 is 0 Å². The summed E-state index contributed by atoms with van der Waals surface area (Å²) in [7, 11) is 0. The van der Waals surface area contributed by atoms with Crippen molar-refractivity contribution in [1.82, 2.24) is 14.4 Å². The number of rotatable bonds is 3. The van der Waals surface area contributed by atoms with Crippen LogP contribution in [0.2, 0.25) is 0 Å². The molecule has 2 rings (SSSR count). The first-order valence-electron chi connectivity index (χ1n) is 5.26. The van der Waals surface area contributed by atoms with Gasteiger partial charge in [-0.3, -0.25) is 9.38 Å². The summed E-state index contributed by atoms with van der Waals surface area (Å²) in [6.45, 7) is 4.10. The van der Waals surface area contributed by atoms with E-state index in [0.29, 0.717) is 24.4 Å². The van der Waals surface area contributed by atoms with Gasteiger partial charge < -0.3 is 4.74 Å². The maximum Gasteiger partial charge on any atom is 0.357 e.